The van der Waals surface area contributed by atoms with E-state index in [2.05, 4.69) is 0 Å². The van der Waals surface area contributed by atoms with E-state index in [1.165, 1.54) is 0 Å². The fourth-order valence-corrected chi connectivity index (χ4v) is 7.98. The number of ether oxygens (including phenoxy) is 10. The quantitative estimate of drug-likeness (QED) is 0.0658. The predicted molar refractivity (Wildman–Crippen MR) is 241 cm³/mol. The SMILES string of the molecule is CO[C@H]1O[C@H](CO[C@@H]2OC[C@@H](OCc3ccccc3)[C@H](OCc3ccccc3)[C@@H]2OCc2ccccc2)[C@@H](OCc2ccccc2)[C@H](OCc2ccccc2)[C@H]1OCc1ccccc1. The second kappa shape index (κ2) is 24.3. The average molecular weight is 867 g/mol. The molecule has 0 bridgehead atoms. The Kier molecular flexibility index (Phi) is 17.3. The van der Waals surface area contributed by atoms with E-state index in [1.807, 2.05) is 182 Å². The van der Waals surface area contributed by atoms with Gasteiger partial charge in [0.25, 0.3) is 0 Å². The van der Waals surface area contributed by atoms with Gasteiger partial charge in [0.15, 0.2) is 12.6 Å². The Morgan fingerprint density at radius 1 is 0.359 bits per heavy atom. The maximum absolute atomic E-state index is 6.85. The molecule has 64 heavy (non-hydrogen) atoms. The van der Waals surface area contributed by atoms with Crippen LogP contribution >= 0.6 is 0 Å². The zero-order chi connectivity index (χ0) is 43.6. The van der Waals surface area contributed by atoms with Gasteiger partial charge in [0, 0.05) is 7.11 Å². The Hall–Kier alpha value is -5.08. The van der Waals surface area contributed by atoms with Crippen LogP contribution in [0, 0.1) is 0 Å². The molecule has 2 saturated heterocycles. The summed E-state index contributed by atoms with van der Waals surface area (Å²) in [6.07, 6.45) is -6.03. The van der Waals surface area contributed by atoms with Crippen LogP contribution in [0.25, 0.3) is 0 Å². The number of benzene rings is 6. The van der Waals surface area contributed by atoms with Gasteiger partial charge >= 0.3 is 0 Å². The van der Waals surface area contributed by atoms with Gasteiger partial charge in [-0.3, -0.25) is 0 Å². The van der Waals surface area contributed by atoms with Gasteiger partial charge in [-0.1, -0.05) is 182 Å². The van der Waals surface area contributed by atoms with Crippen molar-refractivity contribution in [1.82, 2.24) is 0 Å². The highest BCUT2D eigenvalue weighted by atomic mass is 16.7. The van der Waals surface area contributed by atoms with Gasteiger partial charge in [0.1, 0.15) is 42.7 Å². The van der Waals surface area contributed by atoms with E-state index in [0.29, 0.717) is 39.6 Å². The largest absolute Gasteiger partial charge is 0.368 e. The van der Waals surface area contributed by atoms with Crippen LogP contribution in [0.4, 0.5) is 0 Å². The molecule has 10 heteroatoms. The van der Waals surface area contributed by atoms with Crippen LogP contribution in [0.2, 0.25) is 0 Å². The molecular formula is C54H58O10. The highest BCUT2D eigenvalue weighted by Gasteiger charge is 2.50. The number of rotatable bonds is 22. The molecule has 2 aliphatic rings. The predicted octanol–water partition coefficient (Wildman–Crippen LogP) is 9.24. The normalized spacial score (nSPS) is 24.6. The summed E-state index contributed by atoms with van der Waals surface area (Å²) in [4.78, 5) is 0. The summed E-state index contributed by atoms with van der Waals surface area (Å²) in [6.45, 7) is 2.22. The molecule has 0 unspecified atom stereocenters. The maximum atomic E-state index is 6.85. The van der Waals surface area contributed by atoms with Crippen molar-refractivity contribution < 1.29 is 47.4 Å². The van der Waals surface area contributed by atoms with Gasteiger partial charge in [-0.2, -0.15) is 0 Å². The zero-order valence-electron chi connectivity index (χ0n) is 36.3. The minimum atomic E-state index is -0.865. The first kappa shape index (κ1) is 45.5. The summed E-state index contributed by atoms with van der Waals surface area (Å²) in [5.41, 5.74) is 6.10. The standard InChI is InChI=1S/C54H58O10/c1-55-53-52(61-37-45-30-18-7-19-31-45)50(59-35-43-26-14-5-15-27-43)49(58-34-42-24-12-4-13-25-42)47(64-53)39-63-54-51(60-36-44-28-16-6-17-29-44)48(57-33-41-22-10-3-11-23-41)46(38-62-54)56-32-40-20-8-2-9-21-40/h2-31,46-54H,32-39H2,1H3/t46-,47-,48+,49-,50+,51+,52-,53+,54+/m1/s1. The highest BCUT2D eigenvalue weighted by Crippen LogP contribution is 2.33. The second-order valence-electron chi connectivity index (χ2n) is 16.0. The van der Waals surface area contributed by atoms with E-state index in [4.69, 9.17) is 47.4 Å². The fraction of sp³-hybridized carbons (Fsp3) is 0.333. The maximum Gasteiger partial charge on any atom is 0.186 e. The van der Waals surface area contributed by atoms with Crippen molar-refractivity contribution in [3.63, 3.8) is 0 Å². The lowest BCUT2D eigenvalue weighted by atomic mass is 9.97. The van der Waals surface area contributed by atoms with Crippen molar-refractivity contribution in [2.24, 2.45) is 0 Å². The molecule has 9 atom stereocenters. The Labute approximate surface area is 376 Å². The van der Waals surface area contributed by atoms with Crippen LogP contribution in [-0.4, -0.2) is 75.6 Å². The molecule has 0 N–H and O–H groups in total. The number of hydrogen-bond donors (Lipinski definition) is 0. The summed E-state index contributed by atoms with van der Waals surface area (Å²) < 4.78 is 66.7. The zero-order valence-corrected chi connectivity index (χ0v) is 36.3. The lowest BCUT2D eigenvalue weighted by Crippen LogP contribution is -2.62. The fourth-order valence-electron chi connectivity index (χ4n) is 7.98. The molecule has 8 rings (SSSR count). The van der Waals surface area contributed by atoms with Crippen molar-refractivity contribution in [3.8, 4) is 0 Å². The van der Waals surface area contributed by atoms with Crippen LogP contribution in [0.15, 0.2) is 182 Å². The van der Waals surface area contributed by atoms with Gasteiger partial charge in [0.05, 0.1) is 52.9 Å². The van der Waals surface area contributed by atoms with Gasteiger partial charge in [-0.05, 0) is 33.4 Å². The van der Waals surface area contributed by atoms with Crippen LogP contribution in [0.1, 0.15) is 33.4 Å². The van der Waals surface area contributed by atoms with E-state index >= 15 is 0 Å². The van der Waals surface area contributed by atoms with Crippen molar-refractivity contribution >= 4 is 0 Å². The first-order valence-corrected chi connectivity index (χ1v) is 22.0. The number of methoxy groups -OCH3 is 1. The van der Waals surface area contributed by atoms with E-state index in [-0.39, 0.29) is 13.2 Å². The third-order valence-electron chi connectivity index (χ3n) is 11.4. The second-order valence-corrected chi connectivity index (χ2v) is 16.0. The van der Waals surface area contributed by atoms with Crippen molar-refractivity contribution in [3.05, 3.63) is 215 Å². The summed E-state index contributed by atoms with van der Waals surface area (Å²) in [7, 11) is 1.61. The Balaban J connectivity index is 1.07. The van der Waals surface area contributed by atoms with Gasteiger partial charge in [-0.15, -0.1) is 0 Å². The molecule has 334 valence electrons. The minimum absolute atomic E-state index is 0.0483. The Morgan fingerprint density at radius 2 is 0.688 bits per heavy atom. The molecular weight excluding hydrogens is 809 g/mol. The molecule has 6 aromatic carbocycles. The average Bonchev–Trinajstić information content (AvgIpc) is 3.36. The van der Waals surface area contributed by atoms with Crippen molar-refractivity contribution in [2.45, 2.75) is 94.9 Å². The number of hydrogen-bond acceptors (Lipinski definition) is 10. The summed E-state index contributed by atoms with van der Waals surface area (Å²) in [5, 5.41) is 0. The molecule has 2 heterocycles. The van der Waals surface area contributed by atoms with Gasteiger partial charge in [0.2, 0.25) is 0 Å². The first-order chi connectivity index (χ1) is 31.7. The molecule has 10 nitrogen and oxygen atoms in total. The lowest BCUT2D eigenvalue weighted by Gasteiger charge is -2.46. The molecule has 0 radical (unpaired) electrons. The van der Waals surface area contributed by atoms with Crippen molar-refractivity contribution in [1.29, 1.82) is 0 Å². The van der Waals surface area contributed by atoms with Gasteiger partial charge < -0.3 is 47.4 Å². The summed E-state index contributed by atoms with van der Waals surface area (Å²) >= 11 is 0. The molecule has 0 spiro atoms. The Bertz CT molecular complexity index is 2170. The van der Waals surface area contributed by atoms with Crippen molar-refractivity contribution in [2.75, 3.05) is 20.3 Å². The highest BCUT2D eigenvalue weighted by molar-refractivity contribution is 5.18. The monoisotopic (exact) mass is 866 g/mol. The summed E-state index contributed by atoms with van der Waals surface area (Å²) in [6, 6.07) is 60.3. The Morgan fingerprint density at radius 3 is 1.08 bits per heavy atom. The van der Waals surface area contributed by atoms with E-state index in [9.17, 15) is 0 Å². The third-order valence-corrected chi connectivity index (χ3v) is 11.4. The molecule has 0 amide bonds. The van der Waals surface area contributed by atoms with Crippen LogP contribution < -0.4 is 0 Å². The van der Waals surface area contributed by atoms with Crippen LogP contribution in [-0.2, 0) is 87.0 Å². The lowest BCUT2D eigenvalue weighted by molar-refractivity contribution is -0.340. The van der Waals surface area contributed by atoms with Crippen LogP contribution in [0.3, 0.4) is 0 Å². The van der Waals surface area contributed by atoms with Gasteiger partial charge in [-0.25, -0.2) is 0 Å². The molecule has 0 saturated carbocycles. The minimum Gasteiger partial charge on any atom is -0.368 e. The molecule has 2 aliphatic heterocycles. The van der Waals surface area contributed by atoms with E-state index < -0.39 is 55.3 Å². The van der Waals surface area contributed by atoms with E-state index in [1.54, 1.807) is 7.11 Å². The molecule has 2 fully saturated rings. The topological polar surface area (TPSA) is 92.3 Å². The van der Waals surface area contributed by atoms with Crippen LogP contribution in [0.5, 0.6) is 0 Å². The smallest absolute Gasteiger partial charge is 0.186 e. The summed E-state index contributed by atoms with van der Waals surface area (Å²) in [5.74, 6) is 0. The third kappa shape index (κ3) is 13.0. The molecule has 6 aromatic rings. The molecule has 0 aliphatic carbocycles. The van der Waals surface area contributed by atoms with E-state index in [0.717, 1.165) is 33.4 Å². The molecule has 0 aromatic heterocycles. The first-order valence-electron chi connectivity index (χ1n) is 22.0.